The molecule has 1 fully saturated rings. The summed E-state index contributed by atoms with van der Waals surface area (Å²) in [7, 11) is 3.80. The Balaban J connectivity index is 1.19. The van der Waals surface area contributed by atoms with Crippen LogP contribution in [0, 0.1) is 5.41 Å². The van der Waals surface area contributed by atoms with Crippen LogP contribution in [0.5, 0.6) is 11.5 Å². The number of amides is 1. The average molecular weight is 794 g/mol. The Morgan fingerprint density at radius 2 is 1.46 bits per heavy atom. The van der Waals surface area contributed by atoms with Crippen molar-refractivity contribution in [2.45, 2.75) is 31.9 Å². The highest BCUT2D eigenvalue weighted by Crippen LogP contribution is 2.47. The van der Waals surface area contributed by atoms with Crippen LogP contribution in [0.1, 0.15) is 77.4 Å². The number of hydrogen-bond acceptors (Lipinski definition) is 10. The number of nitrogens with one attached hydrogen (secondary N) is 2. The van der Waals surface area contributed by atoms with E-state index < -0.39 is 35.3 Å². The smallest absolute Gasteiger partial charge is 0.336 e. The summed E-state index contributed by atoms with van der Waals surface area (Å²) in [5, 5.41) is 52.7. The van der Waals surface area contributed by atoms with Crippen LogP contribution in [0.2, 0.25) is 0 Å². The van der Waals surface area contributed by atoms with E-state index >= 15 is 0 Å². The predicted molar refractivity (Wildman–Crippen MR) is 217 cm³/mol. The Labute approximate surface area is 335 Å². The molecule has 0 radical (unpaired) electrons. The first-order valence-corrected chi connectivity index (χ1v) is 18.5. The first-order chi connectivity index (χ1) is 28.2. The molecule has 0 bridgehead atoms. The van der Waals surface area contributed by atoms with E-state index in [1.807, 2.05) is 37.2 Å². The first-order valence-electron chi connectivity index (χ1n) is 18.5. The Bertz CT molecular complexity index is 2890. The summed E-state index contributed by atoms with van der Waals surface area (Å²) in [6, 6.07) is 20.4. The fourth-order valence-corrected chi connectivity index (χ4v) is 7.90. The number of carboxylic acid groups (broad SMARTS) is 3. The van der Waals surface area contributed by atoms with Crippen LogP contribution in [0.15, 0.2) is 99.7 Å². The summed E-state index contributed by atoms with van der Waals surface area (Å²) in [5.74, 6) is -4.37. The number of phenols is 1. The minimum Gasteiger partial charge on any atom is -0.507 e. The van der Waals surface area contributed by atoms with Crippen molar-refractivity contribution >= 4 is 51.8 Å². The Hall–Kier alpha value is -7.74. The lowest BCUT2D eigenvalue weighted by Crippen LogP contribution is -2.32. The summed E-state index contributed by atoms with van der Waals surface area (Å²) in [6.45, 7) is -0.344. The molecule has 6 N–H and O–H groups in total. The molecular formula is C45H35N3O11. The topological polar surface area (TPSA) is 228 Å². The zero-order valence-corrected chi connectivity index (χ0v) is 31.6. The second-order valence-electron chi connectivity index (χ2n) is 14.6. The largest absolute Gasteiger partial charge is 0.507 e. The summed E-state index contributed by atoms with van der Waals surface area (Å²) in [4.78, 5) is 65.3. The number of fused-ring (bicyclic) bond motifs is 4. The zero-order chi connectivity index (χ0) is 41.9. The molecule has 14 nitrogen and oxygen atoms in total. The lowest BCUT2D eigenvalue weighted by Gasteiger charge is -2.35. The number of carbonyl (C=O) groups excluding carboxylic acids is 1. The van der Waals surface area contributed by atoms with Gasteiger partial charge in [0.15, 0.2) is 5.43 Å². The van der Waals surface area contributed by atoms with Gasteiger partial charge in [-0.25, -0.2) is 14.4 Å². The van der Waals surface area contributed by atoms with Gasteiger partial charge in [0.2, 0.25) is 0 Å². The molecule has 59 heavy (non-hydrogen) atoms. The first kappa shape index (κ1) is 38.1. The van der Waals surface area contributed by atoms with E-state index in [-0.39, 0.29) is 62.6 Å². The van der Waals surface area contributed by atoms with Crippen LogP contribution in [-0.4, -0.2) is 70.2 Å². The molecule has 2 aliphatic heterocycles. The quantitative estimate of drug-likeness (QED) is 0.0804. The van der Waals surface area contributed by atoms with E-state index in [1.54, 1.807) is 6.07 Å². The van der Waals surface area contributed by atoms with Crippen molar-refractivity contribution in [1.82, 2.24) is 5.32 Å². The number of ether oxygens (including phenoxy) is 1. The highest BCUT2D eigenvalue weighted by Gasteiger charge is 2.35. The zero-order valence-electron chi connectivity index (χ0n) is 31.6. The van der Waals surface area contributed by atoms with Crippen LogP contribution < -0.4 is 20.4 Å². The third-order valence-corrected chi connectivity index (χ3v) is 10.8. The number of benzene rings is 5. The van der Waals surface area contributed by atoms with Crippen molar-refractivity contribution in [2.75, 3.05) is 19.0 Å². The van der Waals surface area contributed by atoms with Crippen molar-refractivity contribution in [2.24, 2.45) is 0 Å². The minimum absolute atomic E-state index is 0.0115. The fraction of sp³-hybridized carbons (Fsp3) is 0.156. The maximum absolute atomic E-state index is 13.8. The van der Waals surface area contributed by atoms with Crippen LogP contribution in [-0.2, 0) is 6.54 Å². The van der Waals surface area contributed by atoms with Crippen molar-refractivity contribution < 1.29 is 48.8 Å². The van der Waals surface area contributed by atoms with Gasteiger partial charge in [-0.2, -0.15) is 0 Å². The van der Waals surface area contributed by atoms with E-state index in [2.05, 4.69) is 5.32 Å². The predicted octanol–water partition coefficient (Wildman–Crippen LogP) is 7.13. The minimum atomic E-state index is -1.40. The number of rotatable bonds is 9. The van der Waals surface area contributed by atoms with Gasteiger partial charge < -0.3 is 45.2 Å². The maximum atomic E-state index is 13.8. The van der Waals surface area contributed by atoms with Crippen LogP contribution in [0.3, 0.4) is 0 Å². The molecule has 1 unspecified atom stereocenters. The van der Waals surface area contributed by atoms with Gasteiger partial charge in [-0.15, -0.1) is 0 Å². The van der Waals surface area contributed by atoms with Crippen LogP contribution >= 0.6 is 0 Å². The van der Waals surface area contributed by atoms with Gasteiger partial charge in [0, 0.05) is 71.7 Å². The number of aromatic hydroxyl groups is 1. The van der Waals surface area contributed by atoms with E-state index in [9.17, 15) is 44.4 Å². The summed E-state index contributed by atoms with van der Waals surface area (Å²) in [5.41, 5.74) is 3.79. The van der Waals surface area contributed by atoms with Crippen LogP contribution in [0.4, 0.5) is 5.69 Å². The molecule has 2 aliphatic carbocycles. The van der Waals surface area contributed by atoms with E-state index in [4.69, 9.17) is 14.6 Å². The molecule has 296 valence electrons. The molecule has 0 saturated heterocycles. The highest BCUT2D eigenvalue weighted by molar-refractivity contribution is 6.09. The Kier molecular flexibility index (Phi) is 9.47. The molecule has 4 aliphatic rings. The van der Waals surface area contributed by atoms with Gasteiger partial charge in [-0.1, -0.05) is 12.1 Å². The second-order valence-corrected chi connectivity index (χ2v) is 14.6. The van der Waals surface area contributed by atoms with Gasteiger partial charge in [-0.05, 0) is 95.8 Å². The van der Waals surface area contributed by atoms with Gasteiger partial charge in [-0.3, -0.25) is 9.59 Å². The summed E-state index contributed by atoms with van der Waals surface area (Å²) < 4.78 is 12.6. The standard InChI is InChI=1S/C45H35N3O11/c1-48(2)24-6-11-29-37(18-24)58-36-17-23(46)5-10-28(36)39(29)26-8-3-21(15-32(26)44(54)55)42(51)47-20-34-35(50)14-13-31-40(30-12-7-25(49)19-38(30)59-41(31)34)27-9-4-22(43(52)53)16-33(27)45(56)57/h3-4,6-9,11-16,18-19,36,46,50H,5,10,17,20H2,1-2H3,(H,47,51)(H,52,53)(H,54,55)(H,56,57). The van der Waals surface area contributed by atoms with Gasteiger partial charge >= 0.3 is 17.9 Å². The van der Waals surface area contributed by atoms with E-state index in [0.29, 0.717) is 58.4 Å². The average Bonchev–Trinajstić information content (AvgIpc) is 3.20. The lowest BCUT2D eigenvalue weighted by molar-refractivity contribution is 0.0682. The Morgan fingerprint density at radius 1 is 0.780 bits per heavy atom. The molecular weight excluding hydrogens is 759 g/mol. The monoisotopic (exact) mass is 793 g/mol. The number of nitrogens with zero attached hydrogens (tertiary/aromatic N) is 1. The molecule has 1 atom stereocenters. The van der Waals surface area contributed by atoms with Gasteiger partial charge in [0.1, 0.15) is 28.9 Å². The molecule has 1 amide bonds. The summed E-state index contributed by atoms with van der Waals surface area (Å²) >= 11 is 0. The fourth-order valence-electron chi connectivity index (χ4n) is 7.90. The molecule has 8 rings (SSSR count). The lowest BCUT2D eigenvalue weighted by atomic mass is 9.79. The van der Waals surface area contributed by atoms with Crippen molar-refractivity contribution in [3.63, 3.8) is 0 Å². The number of carbonyl (C=O) groups is 4. The molecule has 0 spiro atoms. The highest BCUT2D eigenvalue weighted by atomic mass is 16.5. The molecule has 14 heteroatoms. The number of carboxylic acids is 3. The van der Waals surface area contributed by atoms with Crippen LogP contribution in [0.25, 0.3) is 39.0 Å². The van der Waals surface area contributed by atoms with E-state index in [0.717, 1.165) is 17.3 Å². The van der Waals surface area contributed by atoms with Crippen molar-refractivity contribution in [3.8, 4) is 33.9 Å². The van der Waals surface area contributed by atoms with Gasteiger partial charge in [0.05, 0.1) is 28.8 Å². The molecule has 1 saturated carbocycles. The molecule has 0 aromatic heterocycles. The third kappa shape index (κ3) is 6.79. The second kappa shape index (κ2) is 14.6. The summed E-state index contributed by atoms with van der Waals surface area (Å²) in [6.07, 6.45) is 0.936. The normalized spacial score (nSPS) is 14.7. The van der Waals surface area contributed by atoms with Gasteiger partial charge in [0.25, 0.3) is 5.91 Å². The van der Waals surface area contributed by atoms with E-state index in [1.165, 1.54) is 54.6 Å². The Morgan fingerprint density at radius 3 is 2.19 bits per heavy atom. The number of hydrogen-bond donors (Lipinski definition) is 6. The van der Waals surface area contributed by atoms with Crippen molar-refractivity contribution in [3.05, 3.63) is 140 Å². The SMILES string of the molecule is CN(C)c1ccc2c(c1)OC1CC(=N)CCC1=C2c1ccc(C(=O)NCc2c(O)ccc3c(-c4ccc(C(=O)O)cc4C(=O)O)c4ccc(=O)cc-4oc23)cc1C(=O)O. The number of anilines is 1. The van der Waals surface area contributed by atoms with Crippen molar-refractivity contribution in [1.29, 1.82) is 5.41 Å². The number of aromatic carboxylic acids is 3. The molecule has 2 heterocycles. The molecule has 4 aromatic rings. The molecule has 4 aromatic carbocycles. The third-order valence-electron chi connectivity index (χ3n) is 10.8. The number of phenolic OH excluding ortho intramolecular Hbond substituents is 1. The maximum Gasteiger partial charge on any atom is 0.336 e.